The SMILES string of the molecule is CC(C)Sc1nnc2n(Cc3ccccc3)c3ccccc3n12. The largest absolute Gasteiger partial charge is 0.304 e. The summed E-state index contributed by atoms with van der Waals surface area (Å²) >= 11 is 1.75. The molecule has 0 unspecified atom stereocenters. The maximum absolute atomic E-state index is 4.46. The van der Waals surface area contributed by atoms with Crippen molar-refractivity contribution in [2.24, 2.45) is 0 Å². The average molecular weight is 322 g/mol. The Bertz CT molecular complexity index is 953. The van der Waals surface area contributed by atoms with Crippen LogP contribution in [0.25, 0.3) is 16.8 Å². The molecule has 4 nitrogen and oxygen atoms in total. The molecule has 0 radical (unpaired) electrons. The van der Waals surface area contributed by atoms with E-state index in [1.807, 2.05) is 6.07 Å². The molecule has 0 aliphatic heterocycles. The molecular weight excluding hydrogens is 304 g/mol. The molecule has 0 spiro atoms. The lowest BCUT2D eigenvalue weighted by molar-refractivity contribution is 0.839. The van der Waals surface area contributed by atoms with Crippen LogP contribution < -0.4 is 0 Å². The van der Waals surface area contributed by atoms with Crippen LogP contribution in [0.1, 0.15) is 19.4 Å². The highest BCUT2D eigenvalue weighted by Gasteiger charge is 2.17. The summed E-state index contributed by atoms with van der Waals surface area (Å²) in [5.41, 5.74) is 3.61. The second-order valence-corrected chi connectivity index (χ2v) is 7.39. The Labute approximate surface area is 139 Å². The van der Waals surface area contributed by atoms with E-state index in [0.29, 0.717) is 5.25 Å². The second-order valence-electron chi connectivity index (χ2n) is 5.85. The molecule has 0 aliphatic carbocycles. The molecule has 0 saturated heterocycles. The van der Waals surface area contributed by atoms with Crippen LogP contribution in [0, 0.1) is 0 Å². The van der Waals surface area contributed by atoms with Crippen LogP contribution >= 0.6 is 11.8 Å². The maximum Gasteiger partial charge on any atom is 0.237 e. The van der Waals surface area contributed by atoms with Gasteiger partial charge in [-0.15, -0.1) is 10.2 Å². The van der Waals surface area contributed by atoms with E-state index in [1.165, 1.54) is 11.1 Å². The van der Waals surface area contributed by atoms with Gasteiger partial charge in [0.25, 0.3) is 0 Å². The normalized spacial score (nSPS) is 11.8. The van der Waals surface area contributed by atoms with Crippen molar-refractivity contribution in [3.05, 3.63) is 60.2 Å². The molecule has 5 heteroatoms. The fourth-order valence-corrected chi connectivity index (χ4v) is 3.64. The van der Waals surface area contributed by atoms with E-state index in [9.17, 15) is 0 Å². The van der Waals surface area contributed by atoms with Crippen molar-refractivity contribution >= 4 is 28.6 Å². The lowest BCUT2D eigenvalue weighted by atomic mass is 10.2. The number of rotatable bonds is 4. The van der Waals surface area contributed by atoms with Gasteiger partial charge in [-0.3, -0.25) is 4.40 Å². The van der Waals surface area contributed by atoms with Crippen LogP contribution in [0.5, 0.6) is 0 Å². The molecule has 116 valence electrons. The molecule has 0 atom stereocenters. The van der Waals surface area contributed by atoms with Gasteiger partial charge in [-0.05, 0) is 17.7 Å². The second kappa shape index (κ2) is 5.74. The Kier molecular flexibility index (Phi) is 3.58. The van der Waals surface area contributed by atoms with Gasteiger partial charge in [0.15, 0.2) is 5.16 Å². The minimum atomic E-state index is 0.471. The van der Waals surface area contributed by atoms with Crippen LogP contribution in [-0.4, -0.2) is 24.4 Å². The van der Waals surface area contributed by atoms with Crippen LogP contribution in [0.3, 0.4) is 0 Å². The fourth-order valence-electron chi connectivity index (χ4n) is 2.85. The minimum Gasteiger partial charge on any atom is -0.304 e. The van der Waals surface area contributed by atoms with Crippen molar-refractivity contribution in [2.45, 2.75) is 30.8 Å². The highest BCUT2D eigenvalue weighted by atomic mass is 32.2. The number of hydrogen-bond acceptors (Lipinski definition) is 3. The lowest BCUT2D eigenvalue weighted by Gasteiger charge is -2.04. The van der Waals surface area contributed by atoms with Gasteiger partial charge < -0.3 is 4.57 Å². The van der Waals surface area contributed by atoms with Gasteiger partial charge in [-0.2, -0.15) is 0 Å². The number of nitrogens with zero attached hydrogens (tertiary/aromatic N) is 4. The lowest BCUT2D eigenvalue weighted by Crippen LogP contribution is -2.00. The molecular formula is C18H18N4S. The number of aromatic nitrogens is 4. The van der Waals surface area contributed by atoms with E-state index in [-0.39, 0.29) is 0 Å². The molecule has 0 amide bonds. The molecule has 2 heterocycles. The van der Waals surface area contributed by atoms with E-state index in [2.05, 4.69) is 81.5 Å². The predicted molar refractivity (Wildman–Crippen MR) is 95.0 cm³/mol. The van der Waals surface area contributed by atoms with Crippen LogP contribution in [0.2, 0.25) is 0 Å². The van der Waals surface area contributed by atoms with E-state index < -0.39 is 0 Å². The van der Waals surface area contributed by atoms with Crippen molar-refractivity contribution < 1.29 is 0 Å². The van der Waals surface area contributed by atoms with Gasteiger partial charge in [0.1, 0.15) is 0 Å². The van der Waals surface area contributed by atoms with Crippen molar-refractivity contribution in [1.82, 2.24) is 19.2 Å². The number of imidazole rings is 1. The molecule has 0 saturated carbocycles. The van der Waals surface area contributed by atoms with Crippen molar-refractivity contribution in [2.75, 3.05) is 0 Å². The fraction of sp³-hybridized carbons (Fsp3) is 0.222. The van der Waals surface area contributed by atoms with Crippen LogP contribution in [0.15, 0.2) is 59.8 Å². The van der Waals surface area contributed by atoms with Gasteiger partial charge in [0.05, 0.1) is 17.6 Å². The summed E-state index contributed by atoms with van der Waals surface area (Å²) in [6.45, 7) is 5.14. The summed E-state index contributed by atoms with van der Waals surface area (Å²) in [6.07, 6.45) is 0. The first-order valence-corrected chi connectivity index (χ1v) is 8.65. The van der Waals surface area contributed by atoms with E-state index in [0.717, 1.165) is 23.0 Å². The third-order valence-electron chi connectivity index (χ3n) is 3.80. The Morgan fingerprint density at radius 3 is 2.35 bits per heavy atom. The summed E-state index contributed by atoms with van der Waals surface area (Å²) in [6, 6.07) is 18.9. The molecule has 0 fully saturated rings. The maximum atomic E-state index is 4.46. The number of hydrogen-bond donors (Lipinski definition) is 0. The Balaban J connectivity index is 1.93. The van der Waals surface area contributed by atoms with Gasteiger partial charge in [-0.25, -0.2) is 0 Å². The highest BCUT2D eigenvalue weighted by molar-refractivity contribution is 7.99. The summed E-state index contributed by atoms with van der Waals surface area (Å²) in [4.78, 5) is 0. The summed E-state index contributed by atoms with van der Waals surface area (Å²) in [5, 5.41) is 10.3. The monoisotopic (exact) mass is 322 g/mol. The third-order valence-corrected chi connectivity index (χ3v) is 4.74. The standard InChI is InChI=1S/C18H18N4S/c1-13(2)23-18-20-19-17-21(12-14-8-4-3-5-9-14)15-10-6-7-11-16(15)22(17)18/h3-11,13H,12H2,1-2H3. The third kappa shape index (κ3) is 2.51. The number of benzene rings is 2. The van der Waals surface area contributed by atoms with Gasteiger partial charge in [-0.1, -0.05) is 68.1 Å². The zero-order valence-corrected chi connectivity index (χ0v) is 14.0. The first-order valence-electron chi connectivity index (χ1n) is 7.77. The number of para-hydroxylation sites is 2. The average Bonchev–Trinajstić information content (AvgIpc) is 3.09. The molecule has 0 N–H and O–H groups in total. The molecule has 2 aromatic heterocycles. The molecule has 0 bridgehead atoms. The van der Waals surface area contributed by atoms with Crippen molar-refractivity contribution in [1.29, 1.82) is 0 Å². The van der Waals surface area contributed by atoms with Gasteiger partial charge in [0, 0.05) is 5.25 Å². The molecule has 4 aromatic rings. The van der Waals surface area contributed by atoms with E-state index in [4.69, 9.17) is 0 Å². The molecule has 2 aromatic carbocycles. The Morgan fingerprint density at radius 1 is 0.913 bits per heavy atom. The summed E-state index contributed by atoms with van der Waals surface area (Å²) in [5.74, 6) is 0.901. The smallest absolute Gasteiger partial charge is 0.237 e. The quantitative estimate of drug-likeness (QED) is 0.527. The molecule has 0 aliphatic rings. The molecule has 23 heavy (non-hydrogen) atoms. The van der Waals surface area contributed by atoms with Gasteiger partial charge >= 0.3 is 0 Å². The minimum absolute atomic E-state index is 0.471. The van der Waals surface area contributed by atoms with E-state index >= 15 is 0 Å². The Morgan fingerprint density at radius 2 is 1.61 bits per heavy atom. The van der Waals surface area contributed by atoms with Crippen molar-refractivity contribution in [3.8, 4) is 0 Å². The summed E-state index contributed by atoms with van der Waals surface area (Å²) in [7, 11) is 0. The van der Waals surface area contributed by atoms with Crippen LogP contribution in [0.4, 0.5) is 0 Å². The highest BCUT2D eigenvalue weighted by Crippen LogP contribution is 2.28. The number of fused-ring (bicyclic) bond motifs is 3. The van der Waals surface area contributed by atoms with Crippen molar-refractivity contribution in [3.63, 3.8) is 0 Å². The number of thioether (sulfide) groups is 1. The molecule has 4 rings (SSSR count). The topological polar surface area (TPSA) is 35.1 Å². The zero-order chi connectivity index (χ0) is 15.8. The first kappa shape index (κ1) is 14.3. The summed E-state index contributed by atoms with van der Waals surface area (Å²) < 4.78 is 4.41. The zero-order valence-electron chi connectivity index (χ0n) is 13.2. The Hall–Kier alpha value is -2.27. The van der Waals surface area contributed by atoms with Crippen LogP contribution in [-0.2, 0) is 6.54 Å². The predicted octanol–water partition coefficient (Wildman–Crippen LogP) is 4.23. The first-order chi connectivity index (χ1) is 11.2. The van der Waals surface area contributed by atoms with E-state index in [1.54, 1.807) is 11.8 Å². The van der Waals surface area contributed by atoms with Gasteiger partial charge in [0.2, 0.25) is 5.78 Å².